The summed E-state index contributed by atoms with van der Waals surface area (Å²) in [5, 5.41) is 5.78. The molecule has 0 N–H and O–H groups in total. The lowest BCUT2D eigenvalue weighted by Crippen LogP contribution is -2.37. The zero-order valence-corrected chi connectivity index (χ0v) is 13.1. The summed E-state index contributed by atoms with van der Waals surface area (Å²) < 4.78 is 5.26. The first-order valence-electron chi connectivity index (χ1n) is 7.03. The molecule has 0 unspecified atom stereocenters. The Morgan fingerprint density at radius 2 is 2.10 bits per heavy atom. The van der Waals surface area contributed by atoms with Crippen LogP contribution in [0.15, 0.2) is 5.10 Å². The van der Waals surface area contributed by atoms with E-state index in [1.165, 1.54) is 9.91 Å². The highest BCUT2D eigenvalue weighted by Gasteiger charge is 2.26. The topological polar surface area (TPSA) is 62.2 Å². The summed E-state index contributed by atoms with van der Waals surface area (Å²) in [5.41, 5.74) is 0.186. The van der Waals surface area contributed by atoms with Crippen molar-refractivity contribution in [2.75, 3.05) is 20.1 Å². The molecule has 1 heterocycles. The number of ether oxygens (including phenoxy) is 1. The van der Waals surface area contributed by atoms with Crippen molar-refractivity contribution < 1.29 is 14.3 Å². The van der Waals surface area contributed by atoms with Crippen LogP contribution in [0.5, 0.6) is 0 Å². The van der Waals surface area contributed by atoms with Gasteiger partial charge in [-0.2, -0.15) is 5.10 Å². The van der Waals surface area contributed by atoms with Gasteiger partial charge in [-0.15, -0.1) is 0 Å². The fourth-order valence-corrected chi connectivity index (χ4v) is 1.78. The van der Waals surface area contributed by atoms with Crippen molar-refractivity contribution in [3.05, 3.63) is 0 Å². The maximum atomic E-state index is 11.8. The van der Waals surface area contributed by atoms with Gasteiger partial charge in [-0.05, 0) is 27.2 Å². The average Bonchev–Trinajstić information content (AvgIpc) is 2.64. The average molecular weight is 283 g/mol. The minimum absolute atomic E-state index is 0.00559. The molecule has 6 nitrogen and oxygen atoms in total. The van der Waals surface area contributed by atoms with Crippen molar-refractivity contribution in [1.29, 1.82) is 0 Å². The minimum Gasteiger partial charge on any atom is -0.444 e. The SMILES string of the molecule is CCCCN1N=C(CN(C)C(=O)OC(C)(C)C)CC1=O. The number of nitrogens with zero attached hydrogens (tertiary/aromatic N) is 3. The Labute approximate surface area is 120 Å². The first-order chi connectivity index (χ1) is 9.23. The number of rotatable bonds is 5. The smallest absolute Gasteiger partial charge is 0.410 e. The Bertz CT molecular complexity index is 399. The van der Waals surface area contributed by atoms with Gasteiger partial charge in [-0.3, -0.25) is 4.79 Å². The highest BCUT2D eigenvalue weighted by Crippen LogP contribution is 2.12. The summed E-state index contributed by atoms with van der Waals surface area (Å²) in [7, 11) is 1.65. The fraction of sp³-hybridized carbons (Fsp3) is 0.786. The van der Waals surface area contributed by atoms with Gasteiger partial charge in [0.25, 0.3) is 0 Å². The Hall–Kier alpha value is -1.59. The minimum atomic E-state index is -0.522. The van der Waals surface area contributed by atoms with Crippen molar-refractivity contribution in [2.45, 2.75) is 52.6 Å². The number of carbonyl (C=O) groups excluding carboxylic acids is 2. The van der Waals surface area contributed by atoms with E-state index < -0.39 is 11.7 Å². The predicted octanol–water partition coefficient (Wildman–Crippen LogP) is 2.24. The lowest BCUT2D eigenvalue weighted by Gasteiger charge is -2.24. The molecule has 0 radical (unpaired) electrons. The molecule has 0 saturated carbocycles. The molecular weight excluding hydrogens is 258 g/mol. The molecule has 0 saturated heterocycles. The van der Waals surface area contributed by atoms with E-state index in [0.29, 0.717) is 18.8 Å². The van der Waals surface area contributed by atoms with Crippen LogP contribution in [-0.4, -0.2) is 53.4 Å². The Morgan fingerprint density at radius 1 is 1.45 bits per heavy atom. The normalized spacial score (nSPS) is 15.3. The second-order valence-corrected chi connectivity index (χ2v) is 6.05. The lowest BCUT2D eigenvalue weighted by atomic mass is 10.2. The third kappa shape index (κ3) is 5.19. The van der Waals surface area contributed by atoms with Crippen LogP contribution in [0.4, 0.5) is 4.79 Å². The van der Waals surface area contributed by atoms with Crippen LogP contribution in [0.25, 0.3) is 0 Å². The van der Waals surface area contributed by atoms with E-state index in [9.17, 15) is 9.59 Å². The van der Waals surface area contributed by atoms with Crippen molar-refractivity contribution in [1.82, 2.24) is 9.91 Å². The van der Waals surface area contributed by atoms with E-state index in [-0.39, 0.29) is 12.3 Å². The quantitative estimate of drug-likeness (QED) is 0.777. The second kappa shape index (κ2) is 6.72. The van der Waals surface area contributed by atoms with E-state index in [0.717, 1.165) is 12.8 Å². The second-order valence-electron chi connectivity index (χ2n) is 6.05. The molecular formula is C14H25N3O3. The number of hydrogen-bond donors (Lipinski definition) is 0. The molecule has 0 aromatic heterocycles. The van der Waals surface area contributed by atoms with Gasteiger partial charge in [0.1, 0.15) is 5.60 Å². The number of hydrazone groups is 1. The molecule has 114 valence electrons. The predicted molar refractivity (Wildman–Crippen MR) is 77.5 cm³/mol. The monoisotopic (exact) mass is 283 g/mol. The molecule has 0 aromatic rings. The number of carbonyl (C=O) groups is 2. The van der Waals surface area contributed by atoms with Crippen molar-refractivity contribution in [2.24, 2.45) is 5.10 Å². The third-order valence-corrected chi connectivity index (χ3v) is 2.75. The van der Waals surface area contributed by atoms with E-state index >= 15 is 0 Å². The molecule has 2 amide bonds. The molecule has 1 rings (SSSR count). The number of unbranched alkanes of at least 4 members (excludes halogenated alkanes) is 1. The highest BCUT2D eigenvalue weighted by atomic mass is 16.6. The molecule has 6 heteroatoms. The van der Waals surface area contributed by atoms with E-state index in [2.05, 4.69) is 12.0 Å². The van der Waals surface area contributed by atoms with Crippen LogP contribution < -0.4 is 0 Å². The largest absolute Gasteiger partial charge is 0.444 e. The molecule has 0 bridgehead atoms. The van der Waals surface area contributed by atoms with Gasteiger partial charge in [0.15, 0.2) is 0 Å². The number of hydrogen-bond acceptors (Lipinski definition) is 4. The highest BCUT2D eigenvalue weighted by molar-refractivity contribution is 6.06. The van der Waals surface area contributed by atoms with Crippen molar-refractivity contribution in [3.8, 4) is 0 Å². The Kier molecular flexibility index (Phi) is 5.53. The summed E-state index contributed by atoms with van der Waals surface area (Å²) in [4.78, 5) is 25.0. The molecule has 1 aliphatic heterocycles. The number of amides is 2. The molecule has 1 aliphatic rings. The van der Waals surface area contributed by atoms with Crippen LogP contribution >= 0.6 is 0 Å². The third-order valence-electron chi connectivity index (χ3n) is 2.75. The first-order valence-corrected chi connectivity index (χ1v) is 7.03. The lowest BCUT2D eigenvalue weighted by molar-refractivity contribution is -0.128. The van der Waals surface area contributed by atoms with Gasteiger partial charge >= 0.3 is 6.09 Å². The summed E-state index contributed by atoms with van der Waals surface area (Å²) in [6, 6.07) is 0. The Balaban J connectivity index is 2.52. The molecule has 0 aromatic carbocycles. The van der Waals surface area contributed by atoms with Crippen LogP contribution in [0.3, 0.4) is 0 Å². The van der Waals surface area contributed by atoms with Crippen molar-refractivity contribution >= 4 is 17.7 Å². The molecule has 0 fully saturated rings. The van der Waals surface area contributed by atoms with Gasteiger partial charge in [0.05, 0.1) is 18.7 Å². The van der Waals surface area contributed by atoms with Crippen molar-refractivity contribution in [3.63, 3.8) is 0 Å². The molecule has 0 atom stereocenters. The van der Waals surface area contributed by atoms with Crippen LogP contribution in [-0.2, 0) is 9.53 Å². The fourth-order valence-electron chi connectivity index (χ4n) is 1.78. The molecule has 20 heavy (non-hydrogen) atoms. The van der Waals surface area contributed by atoms with E-state index in [1.807, 2.05) is 20.8 Å². The van der Waals surface area contributed by atoms with Gasteiger partial charge in [0, 0.05) is 13.6 Å². The summed E-state index contributed by atoms with van der Waals surface area (Å²) in [6.07, 6.45) is 1.84. The van der Waals surface area contributed by atoms with E-state index in [1.54, 1.807) is 7.05 Å². The van der Waals surface area contributed by atoms with E-state index in [4.69, 9.17) is 4.74 Å². The first kappa shape index (κ1) is 16.5. The Morgan fingerprint density at radius 3 is 2.65 bits per heavy atom. The standard InChI is InChI=1S/C14H25N3O3/c1-6-7-8-17-12(18)9-11(15-17)10-16(5)13(19)20-14(2,3)4/h6-10H2,1-5H3. The maximum Gasteiger partial charge on any atom is 0.410 e. The summed E-state index contributed by atoms with van der Waals surface area (Å²) in [5.74, 6) is 0.00559. The zero-order valence-electron chi connectivity index (χ0n) is 13.1. The molecule has 0 spiro atoms. The van der Waals surface area contributed by atoms with Gasteiger partial charge in [0.2, 0.25) is 5.91 Å². The molecule has 0 aliphatic carbocycles. The summed E-state index contributed by atoms with van der Waals surface area (Å²) >= 11 is 0. The summed E-state index contributed by atoms with van der Waals surface area (Å²) in [6.45, 7) is 8.51. The van der Waals surface area contributed by atoms with Crippen LogP contribution in [0.1, 0.15) is 47.0 Å². The van der Waals surface area contributed by atoms with Gasteiger partial charge < -0.3 is 9.64 Å². The zero-order chi connectivity index (χ0) is 15.3. The maximum absolute atomic E-state index is 11.8. The van der Waals surface area contributed by atoms with Gasteiger partial charge in [-0.25, -0.2) is 9.80 Å². The van der Waals surface area contributed by atoms with Gasteiger partial charge in [-0.1, -0.05) is 13.3 Å². The van der Waals surface area contributed by atoms with Crippen LogP contribution in [0, 0.1) is 0 Å². The van der Waals surface area contributed by atoms with Crippen LogP contribution in [0.2, 0.25) is 0 Å².